The fraction of sp³-hybridized carbons (Fsp3) is 0.240. The molecule has 0 spiro atoms. The molecule has 2 heterocycles. The van der Waals surface area contributed by atoms with E-state index in [1.807, 2.05) is 30.6 Å². The van der Waals surface area contributed by atoms with Crippen LogP contribution < -0.4 is 5.32 Å². The predicted molar refractivity (Wildman–Crippen MR) is 123 cm³/mol. The molecule has 0 fully saturated rings. The summed E-state index contributed by atoms with van der Waals surface area (Å²) in [6, 6.07) is 12.0. The maximum Gasteiger partial charge on any atom is 0.266 e. The van der Waals surface area contributed by atoms with Gasteiger partial charge in [0.15, 0.2) is 0 Å². The molecule has 0 atom stereocenters. The first kappa shape index (κ1) is 21.5. The first-order valence-electron chi connectivity index (χ1n) is 10.4. The molecule has 1 aliphatic carbocycles. The number of hydrogen-bond acceptors (Lipinski definition) is 4. The molecule has 1 amide bonds. The minimum atomic E-state index is -0.674. The van der Waals surface area contributed by atoms with E-state index in [-0.39, 0.29) is 11.3 Å². The second-order valence-corrected chi connectivity index (χ2v) is 8.85. The topological polar surface area (TPSA) is 81.6 Å². The van der Waals surface area contributed by atoms with Gasteiger partial charge in [0.25, 0.3) is 5.91 Å². The summed E-state index contributed by atoms with van der Waals surface area (Å²) in [7, 11) is 0. The van der Waals surface area contributed by atoms with Crippen LogP contribution in [-0.2, 0) is 17.6 Å². The third-order valence-electron chi connectivity index (χ3n) is 5.72. The fourth-order valence-electron chi connectivity index (χ4n) is 4.13. The number of aryl methyl sites for hydroxylation is 2. The number of aromatic nitrogens is 1. The normalized spacial score (nSPS) is 13.2. The van der Waals surface area contributed by atoms with E-state index in [1.165, 1.54) is 29.2 Å². The monoisotopic (exact) mass is 444 g/mol. The van der Waals surface area contributed by atoms with Crippen molar-refractivity contribution >= 4 is 29.0 Å². The Labute approximate surface area is 190 Å². The maximum atomic E-state index is 13.9. The zero-order valence-corrected chi connectivity index (χ0v) is 18.6. The van der Waals surface area contributed by atoms with Gasteiger partial charge in [0.05, 0.1) is 11.3 Å². The molecule has 1 aromatic carbocycles. The molecule has 0 unspecified atom stereocenters. The average Bonchev–Trinajstić information content (AvgIpc) is 3.28. The first-order valence-corrected chi connectivity index (χ1v) is 11.2. The number of nitriles is 2. The van der Waals surface area contributed by atoms with Crippen LogP contribution in [0.4, 0.5) is 10.1 Å². The van der Waals surface area contributed by atoms with Crippen molar-refractivity contribution in [3.8, 4) is 17.1 Å². The fourth-order valence-corrected chi connectivity index (χ4v) is 5.58. The molecule has 7 heteroatoms. The van der Waals surface area contributed by atoms with Gasteiger partial charge in [0.1, 0.15) is 28.5 Å². The van der Waals surface area contributed by atoms with Crippen LogP contribution in [0.15, 0.2) is 35.9 Å². The van der Waals surface area contributed by atoms with Gasteiger partial charge in [-0.15, -0.1) is 11.3 Å². The second kappa shape index (κ2) is 8.82. The van der Waals surface area contributed by atoms with Gasteiger partial charge in [-0.1, -0.05) is 12.1 Å². The Morgan fingerprint density at radius 1 is 1.22 bits per heavy atom. The molecule has 0 saturated carbocycles. The Kier molecular flexibility index (Phi) is 5.94. The molecule has 32 heavy (non-hydrogen) atoms. The molecule has 0 saturated heterocycles. The van der Waals surface area contributed by atoms with Crippen LogP contribution in [0.1, 0.15) is 45.8 Å². The third kappa shape index (κ3) is 3.84. The Balaban J connectivity index is 1.72. The van der Waals surface area contributed by atoms with Gasteiger partial charge in [-0.25, -0.2) is 4.39 Å². The zero-order valence-electron chi connectivity index (χ0n) is 17.8. The highest BCUT2D eigenvalue weighted by Crippen LogP contribution is 2.38. The number of amides is 1. The lowest BCUT2D eigenvalue weighted by Gasteiger charge is -2.10. The van der Waals surface area contributed by atoms with E-state index >= 15 is 0 Å². The number of thiophene rings is 1. The lowest BCUT2D eigenvalue weighted by atomic mass is 9.96. The van der Waals surface area contributed by atoms with Crippen LogP contribution in [-0.4, -0.2) is 10.5 Å². The molecule has 0 bridgehead atoms. The second-order valence-electron chi connectivity index (χ2n) is 7.77. The largest absolute Gasteiger partial charge is 0.319 e. The molecule has 3 aromatic rings. The van der Waals surface area contributed by atoms with E-state index in [0.717, 1.165) is 53.2 Å². The van der Waals surface area contributed by atoms with Crippen LogP contribution in [0.2, 0.25) is 0 Å². The van der Waals surface area contributed by atoms with Crippen molar-refractivity contribution in [1.29, 1.82) is 10.5 Å². The predicted octanol–water partition coefficient (Wildman–Crippen LogP) is 5.59. The SMILES string of the molecule is Cc1cc(/C=C(\C#N)C(=O)Nc2ccccc2F)c(C)n1-c1sc2c(c1C#N)CCCC2. The summed E-state index contributed by atoms with van der Waals surface area (Å²) in [5.41, 5.74) is 4.23. The zero-order chi connectivity index (χ0) is 22.8. The number of nitrogens with zero attached hydrogens (tertiary/aromatic N) is 3. The van der Waals surface area contributed by atoms with Crippen molar-refractivity contribution in [2.24, 2.45) is 0 Å². The average molecular weight is 445 g/mol. The molecular formula is C25H21FN4OS. The number of anilines is 1. The maximum absolute atomic E-state index is 13.9. The smallest absolute Gasteiger partial charge is 0.266 e. The van der Waals surface area contributed by atoms with Crippen LogP contribution in [0.3, 0.4) is 0 Å². The molecule has 160 valence electrons. The molecule has 4 rings (SSSR count). The van der Waals surface area contributed by atoms with Crippen molar-refractivity contribution in [1.82, 2.24) is 4.57 Å². The van der Waals surface area contributed by atoms with Gasteiger partial charge in [-0.2, -0.15) is 10.5 Å². The number of carbonyl (C=O) groups is 1. The number of rotatable bonds is 4. The number of para-hydroxylation sites is 1. The first-order chi connectivity index (χ1) is 15.4. The molecule has 5 nitrogen and oxygen atoms in total. The van der Waals surface area contributed by atoms with E-state index in [2.05, 4.69) is 11.4 Å². The van der Waals surface area contributed by atoms with Crippen molar-refractivity contribution < 1.29 is 9.18 Å². The summed E-state index contributed by atoms with van der Waals surface area (Å²) in [6.07, 6.45) is 5.66. The number of benzene rings is 1. The Morgan fingerprint density at radius 3 is 2.69 bits per heavy atom. The highest BCUT2D eigenvalue weighted by atomic mass is 32.1. The van der Waals surface area contributed by atoms with E-state index in [1.54, 1.807) is 17.4 Å². The highest BCUT2D eigenvalue weighted by Gasteiger charge is 2.24. The minimum Gasteiger partial charge on any atom is -0.319 e. The number of fused-ring (bicyclic) bond motifs is 1. The molecule has 0 radical (unpaired) electrons. The molecular weight excluding hydrogens is 423 g/mol. The minimum absolute atomic E-state index is 0.0203. The summed E-state index contributed by atoms with van der Waals surface area (Å²) in [4.78, 5) is 13.9. The summed E-state index contributed by atoms with van der Waals surface area (Å²) >= 11 is 1.65. The number of carbonyl (C=O) groups excluding carboxylic acids is 1. The standard InChI is InChI=1S/C25H21FN4OS/c1-15-11-17(12-18(13-27)24(31)29-22-9-5-4-8-21(22)26)16(2)30(15)25-20(14-28)19-7-3-6-10-23(19)32-25/h4-5,8-9,11-12H,3,6-7,10H2,1-2H3,(H,29,31)/b18-12+. The highest BCUT2D eigenvalue weighted by molar-refractivity contribution is 7.15. The van der Waals surface area contributed by atoms with Gasteiger partial charge < -0.3 is 9.88 Å². The van der Waals surface area contributed by atoms with Crippen molar-refractivity contribution in [2.45, 2.75) is 39.5 Å². The summed E-state index contributed by atoms with van der Waals surface area (Å²) in [5.74, 6) is -1.24. The Morgan fingerprint density at radius 2 is 1.97 bits per heavy atom. The lowest BCUT2D eigenvalue weighted by molar-refractivity contribution is -0.112. The van der Waals surface area contributed by atoms with Crippen LogP contribution >= 0.6 is 11.3 Å². The third-order valence-corrected chi connectivity index (χ3v) is 7.00. The molecule has 0 aliphatic heterocycles. The van der Waals surface area contributed by atoms with Crippen LogP contribution in [0, 0.1) is 42.3 Å². The Hall–Kier alpha value is -3.68. The van der Waals surface area contributed by atoms with E-state index < -0.39 is 11.7 Å². The summed E-state index contributed by atoms with van der Waals surface area (Å²) in [6.45, 7) is 3.85. The van der Waals surface area contributed by atoms with E-state index in [0.29, 0.717) is 5.56 Å². The summed E-state index contributed by atoms with van der Waals surface area (Å²) < 4.78 is 15.9. The number of hydrogen-bond donors (Lipinski definition) is 1. The summed E-state index contributed by atoms with van der Waals surface area (Å²) in [5, 5.41) is 22.7. The lowest BCUT2D eigenvalue weighted by Crippen LogP contribution is -2.14. The number of nitrogens with one attached hydrogen (secondary N) is 1. The van der Waals surface area contributed by atoms with Gasteiger partial charge >= 0.3 is 0 Å². The molecule has 1 aliphatic rings. The molecule has 2 aromatic heterocycles. The van der Waals surface area contributed by atoms with Gasteiger partial charge in [0.2, 0.25) is 0 Å². The van der Waals surface area contributed by atoms with E-state index in [9.17, 15) is 19.7 Å². The van der Waals surface area contributed by atoms with Gasteiger partial charge in [-0.3, -0.25) is 4.79 Å². The van der Waals surface area contributed by atoms with Crippen molar-refractivity contribution in [3.63, 3.8) is 0 Å². The quantitative estimate of drug-likeness (QED) is 0.421. The number of halogens is 1. The van der Waals surface area contributed by atoms with Crippen molar-refractivity contribution in [3.05, 3.63) is 74.7 Å². The van der Waals surface area contributed by atoms with E-state index in [4.69, 9.17) is 0 Å². The van der Waals surface area contributed by atoms with Crippen LogP contribution in [0.5, 0.6) is 0 Å². The molecule has 1 N–H and O–H groups in total. The van der Waals surface area contributed by atoms with Gasteiger partial charge in [0, 0.05) is 16.3 Å². The Bertz CT molecular complexity index is 1330. The van der Waals surface area contributed by atoms with Gasteiger partial charge in [-0.05, 0) is 74.9 Å². The van der Waals surface area contributed by atoms with Crippen LogP contribution in [0.25, 0.3) is 11.1 Å². The van der Waals surface area contributed by atoms with Crippen molar-refractivity contribution in [2.75, 3.05) is 5.32 Å².